The molecule has 4 nitrogen and oxygen atoms in total. The van der Waals surface area contributed by atoms with E-state index in [1.165, 1.54) is 32.4 Å². The third kappa shape index (κ3) is 4.73. The fourth-order valence-electron chi connectivity index (χ4n) is 2.61. The van der Waals surface area contributed by atoms with E-state index in [1.54, 1.807) is 0 Å². The van der Waals surface area contributed by atoms with Crippen molar-refractivity contribution in [3.8, 4) is 0 Å². The number of halogens is 1. The molecule has 1 N–H and O–H groups in total. The highest BCUT2D eigenvalue weighted by atomic mass is 79.9. The zero-order valence-electron chi connectivity index (χ0n) is 11.8. The molecule has 0 aliphatic carbocycles. The molecule has 1 saturated heterocycles. The minimum absolute atomic E-state index is 0.754. The van der Waals surface area contributed by atoms with Gasteiger partial charge in [0.1, 0.15) is 16.2 Å². The number of nitrogens with zero attached hydrogens (tertiary/aromatic N) is 3. The minimum Gasteiger partial charge on any atom is -0.370 e. The van der Waals surface area contributed by atoms with Crippen LogP contribution in [0.4, 0.5) is 5.82 Å². The molecule has 0 amide bonds. The average Bonchev–Trinajstić information content (AvgIpc) is 2.35. The van der Waals surface area contributed by atoms with Crippen LogP contribution in [0.1, 0.15) is 38.4 Å². The van der Waals surface area contributed by atoms with Gasteiger partial charge in [0.25, 0.3) is 0 Å². The molecule has 0 aromatic carbocycles. The van der Waals surface area contributed by atoms with Gasteiger partial charge in [0.05, 0.1) is 0 Å². The summed E-state index contributed by atoms with van der Waals surface area (Å²) < 4.78 is 0.840. The Balaban J connectivity index is 1.71. The first kappa shape index (κ1) is 14.7. The molecule has 0 radical (unpaired) electrons. The number of likely N-dealkylation sites (tertiary alicyclic amines) is 1. The van der Waals surface area contributed by atoms with Gasteiger partial charge in [0, 0.05) is 25.2 Å². The second-order valence-electron chi connectivity index (χ2n) is 5.28. The minimum atomic E-state index is 0.754. The average molecular weight is 327 g/mol. The zero-order valence-corrected chi connectivity index (χ0v) is 13.4. The Labute approximate surface area is 124 Å². The molecule has 1 aromatic heterocycles. The molecule has 1 unspecified atom stereocenters. The van der Waals surface area contributed by atoms with Gasteiger partial charge in [-0.3, -0.25) is 0 Å². The summed E-state index contributed by atoms with van der Waals surface area (Å²) in [6.07, 6.45) is 5.26. The van der Waals surface area contributed by atoms with E-state index in [0.29, 0.717) is 0 Å². The maximum Gasteiger partial charge on any atom is 0.130 e. The van der Waals surface area contributed by atoms with Crippen molar-refractivity contribution in [2.75, 3.05) is 25.0 Å². The predicted molar refractivity (Wildman–Crippen MR) is 82.5 cm³/mol. The van der Waals surface area contributed by atoms with Gasteiger partial charge >= 0.3 is 0 Å². The second kappa shape index (κ2) is 7.20. The second-order valence-corrected chi connectivity index (χ2v) is 6.10. The molecule has 1 aliphatic rings. The number of anilines is 1. The first-order chi connectivity index (χ1) is 9.15. The van der Waals surface area contributed by atoms with E-state index in [9.17, 15) is 0 Å². The lowest BCUT2D eigenvalue weighted by Gasteiger charge is -2.33. The number of hydrogen-bond donors (Lipinski definition) is 1. The molecule has 106 valence electrons. The van der Waals surface area contributed by atoms with Gasteiger partial charge in [0.2, 0.25) is 0 Å². The van der Waals surface area contributed by atoms with Crippen molar-refractivity contribution in [1.29, 1.82) is 0 Å². The summed E-state index contributed by atoms with van der Waals surface area (Å²) >= 11 is 3.39. The van der Waals surface area contributed by atoms with Crippen molar-refractivity contribution < 1.29 is 0 Å². The lowest BCUT2D eigenvalue weighted by molar-refractivity contribution is 0.160. The van der Waals surface area contributed by atoms with E-state index < -0.39 is 0 Å². The largest absolute Gasteiger partial charge is 0.370 e. The van der Waals surface area contributed by atoms with Gasteiger partial charge in [-0.05, 0) is 55.6 Å². The molecule has 1 aromatic rings. The molecule has 2 rings (SSSR count). The molecule has 0 spiro atoms. The van der Waals surface area contributed by atoms with Crippen LogP contribution >= 0.6 is 15.9 Å². The Morgan fingerprint density at radius 2 is 2.26 bits per heavy atom. The molecule has 0 bridgehead atoms. The maximum absolute atomic E-state index is 4.37. The van der Waals surface area contributed by atoms with E-state index >= 15 is 0 Å². The monoisotopic (exact) mass is 326 g/mol. The van der Waals surface area contributed by atoms with E-state index in [4.69, 9.17) is 0 Å². The Hall–Kier alpha value is -0.680. The molecule has 1 aliphatic heterocycles. The summed E-state index contributed by atoms with van der Waals surface area (Å²) in [7, 11) is 0. The number of hydrogen-bond acceptors (Lipinski definition) is 4. The topological polar surface area (TPSA) is 41.1 Å². The van der Waals surface area contributed by atoms with Gasteiger partial charge < -0.3 is 10.2 Å². The zero-order chi connectivity index (χ0) is 13.7. The van der Waals surface area contributed by atoms with Crippen LogP contribution in [-0.4, -0.2) is 40.5 Å². The Bertz CT molecular complexity index is 390. The van der Waals surface area contributed by atoms with Crippen LogP contribution in [0.25, 0.3) is 0 Å². The van der Waals surface area contributed by atoms with Crippen molar-refractivity contribution in [2.24, 2.45) is 0 Å². The molecule has 0 saturated carbocycles. The molecule has 5 heteroatoms. The predicted octanol–water partition coefficient (Wildman–Crippen LogP) is 3.22. The molecule has 19 heavy (non-hydrogen) atoms. The third-order valence-corrected chi connectivity index (χ3v) is 4.08. The molecule has 1 fully saturated rings. The van der Waals surface area contributed by atoms with Crippen molar-refractivity contribution >= 4 is 21.7 Å². The van der Waals surface area contributed by atoms with Gasteiger partial charge in [0.15, 0.2) is 0 Å². The Morgan fingerprint density at radius 1 is 1.42 bits per heavy atom. The van der Waals surface area contributed by atoms with Crippen molar-refractivity contribution in [3.63, 3.8) is 0 Å². The highest BCUT2D eigenvalue weighted by molar-refractivity contribution is 9.10. The lowest BCUT2D eigenvalue weighted by atomic mass is 10.0. The normalized spacial score (nSPS) is 20.5. The quantitative estimate of drug-likeness (QED) is 0.666. The third-order valence-electron chi connectivity index (χ3n) is 3.68. The Kier molecular flexibility index (Phi) is 5.58. The van der Waals surface area contributed by atoms with Crippen LogP contribution < -0.4 is 5.32 Å². The van der Waals surface area contributed by atoms with E-state index in [1.807, 2.05) is 13.0 Å². The number of aryl methyl sites for hydroxylation is 1. The summed E-state index contributed by atoms with van der Waals surface area (Å²) in [6, 6.07) is 2.68. The first-order valence-corrected chi connectivity index (χ1v) is 7.93. The summed E-state index contributed by atoms with van der Waals surface area (Å²) in [5.74, 6) is 1.70. The van der Waals surface area contributed by atoms with Gasteiger partial charge in [-0.1, -0.05) is 6.42 Å². The van der Waals surface area contributed by atoms with Crippen LogP contribution in [0.3, 0.4) is 0 Å². The van der Waals surface area contributed by atoms with Crippen LogP contribution in [-0.2, 0) is 0 Å². The van der Waals surface area contributed by atoms with Gasteiger partial charge in [-0.15, -0.1) is 0 Å². The van der Waals surface area contributed by atoms with Gasteiger partial charge in [-0.25, -0.2) is 9.97 Å². The first-order valence-electron chi connectivity index (χ1n) is 7.14. The fraction of sp³-hybridized carbons (Fsp3) is 0.714. The van der Waals surface area contributed by atoms with E-state index in [-0.39, 0.29) is 0 Å². The molecule has 1 atom stereocenters. The van der Waals surface area contributed by atoms with E-state index in [2.05, 4.69) is 43.0 Å². The Morgan fingerprint density at radius 3 is 3.00 bits per heavy atom. The maximum atomic E-state index is 4.37. The fourth-order valence-corrected chi connectivity index (χ4v) is 3.08. The number of piperidine rings is 1. The summed E-state index contributed by atoms with van der Waals surface area (Å²) in [6.45, 7) is 7.66. The molecular formula is C14H23BrN4. The SMILES string of the molecule is Cc1nc(Br)cc(NCCCN2CCCCC2C)n1. The number of nitrogens with one attached hydrogen (secondary N) is 1. The summed E-state index contributed by atoms with van der Waals surface area (Å²) in [4.78, 5) is 11.2. The standard InChI is InChI=1S/C14H23BrN4/c1-11-6-3-4-8-19(11)9-5-7-16-14-10-13(15)17-12(2)18-14/h10-11H,3-9H2,1-2H3,(H,16,17,18). The molecular weight excluding hydrogens is 304 g/mol. The van der Waals surface area contributed by atoms with E-state index in [0.717, 1.165) is 35.3 Å². The van der Waals surface area contributed by atoms with Crippen molar-refractivity contribution in [1.82, 2.24) is 14.9 Å². The smallest absolute Gasteiger partial charge is 0.130 e. The lowest BCUT2D eigenvalue weighted by Crippen LogP contribution is -2.38. The van der Waals surface area contributed by atoms with Crippen molar-refractivity contribution in [2.45, 2.75) is 45.6 Å². The van der Waals surface area contributed by atoms with Crippen LogP contribution in [0.5, 0.6) is 0 Å². The van der Waals surface area contributed by atoms with Crippen LogP contribution in [0, 0.1) is 6.92 Å². The van der Waals surface area contributed by atoms with Crippen molar-refractivity contribution in [3.05, 3.63) is 16.5 Å². The molecule has 2 heterocycles. The highest BCUT2D eigenvalue weighted by Gasteiger charge is 2.16. The summed E-state index contributed by atoms with van der Waals surface area (Å²) in [5.41, 5.74) is 0. The highest BCUT2D eigenvalue weighted by Crippen LogP contribution is 2.16. The van der Waals surface area contributed by atoms with Gasteiger partial charge in [-0.2, -0.15) is 0 Å². The van der Waals surface area contributed by atoms with Crippen LogP contribution in [0.2, 0.25) is 0 Å². The van der Waals surface area contributed by atoms with Crippen LogP contribution in [0.15, 0.2) is 10.7 Å². The number of rotatable bonds is 5. The number of aromatic nitrogens is 2. The summed E-state index contributed by atoms with van der Waals surface area (Å²) in [5, 5.41) is 3.37.